The van der Waals surface area contributed by atoms with Crippen LogP contribution in [0.3, 0.4) is 0 Å². The lowest BCUT2D eigenvalue weighted by Crippen LogP contribution is -2.26. The van der Waals surface area contributed by atoms with Crippen molar-refractivity contribution in [3.8, 4) is 16.8 Å². The Bertz CT molecular complexity index is 1930. The van der Waals surface area contributed by atoms with Gasteiger partial charge in [0.1, 0.15) is 5.82 Å². The third-order valence-electron chi connectivity index (χ3n) is 6.29. The highest BCUT2D eigenvalue weighted by Gasteiger charge is 2.20. The van der Waals surface area contributed by atoms with Crippen LogP contribution in [0.25, 0.3) is 32.4 Å². The van der Waals surface area contributed by atoms with Crippen LogP contribution in [0.5, 0.6) is 0 Å². The predicted octanol–water partition coefficient (Wildman–Crippen LogP) is 5.13. The van der Waals surface area contributed by atoms with Gasteiger partial charge in [-0.1, -0.05) is 48.5 Å². The fraction of sp³-hybridized carbons (Fsp3) is 0.103. The molecule has 10 nitrogen and oxygen atoms in total. The van der Waals surface area contributed by atoms with Crippen LogP contribution in [0.1, 0.15) is 18.7 Å². The summed E-state index contributed by atoms with van der Waals surface area (Å²) >= 11 is 0. The maximum absolute atomic E-state index is 14.3. The Morgan fingerprint density at radius 3 is 2.42 bits per heavy atom. The van der Waals surface area contributed by atoms with Gasteiger partial charge in [0.05, 0.1) is 24.3 Å². The number of aromatic nitrogens is 3. The molecule has 1 atom stereocenters. The molecule has 0 amide bonds. The maximum atomic E-state index is 14.3. The van der Waals surface area contributed by atoms with E-state index in [1.165, 1.54) is 6.20 Å². The molecule has 11 heteroatoms. The van der Waals surface area contributed by atoms with E-state index in [9.17, 15) is 13.2 Å². The molecule has 3 aromatic carbocycles. The van der Waals surface area contributed by atoms with Gasteiger partial charge in [0.25, 0.3) is 5.56 Å². The van der Waals surface area contributed by atoms with E-state index in [-0.39, 0.29) is 23.0 Å². The van der Waals surface area contributed by atoms with Gasteiger partial charge >= 0.3 is 0 Å². The fourth-order valence-corrected chi connectivity index (χ4v) is 5.14. The largest absolute Gasteiger partial charge is 0.371 e. The number of rotatable bonds is 7. The zero-order chi connectivity index (χ0) is 28.4. The summed E-state index contributed by atoms with van der Waals surface area (Å²) in [5.74, 6) is 0.308. The molecule has 2 heterocycles. The molecule has 0 aliphatic heterocycles. The Kier molecular flexibility index (Phi) is 6.94. The van der Waals surface area contributed by atoms with E-state index in [1.54, 1.807) is 28.8 Å². The van der Waals surface area contributed by atoms with Crippen LogP contribution in [0.4, 0.5) is 23.1 Å². The molecule has 0 aliphatic carbocycles. The Morgan fingerprint density at radius 2 is 1.75 bits per heavy atom. The summed E-state index contributed by atoms with van der Waals surface area (Å²) in [5.41, 5.74) is 8.99. The highest BCUT2D eigenvalue weighted by Crippen LogP contribution is 2.32. The molecular weight excluding hydrogens is 526 g/mol. The van der Waals surface area contributed by atoms with Gasteiger partial charge in [-0.15, -0.1) is 0 Å². The molecule has 200 valence electrons. The van der Waals surface area contributed by atoms with Crippen molar-refractivity contribution in [1.82, 2.24) is 14.5 Å². The molecule has 40 heavy (non-hydrogen) atoms. The molecule has 4 N–H and O–H groups in total. The van der Waals surface area contributed by atoms with Crippen molar-refractivity contribution >= 4 is 43.9 Å². The second-order valence-corrected chi connectivity index (χ2v) is 11.0. The second-order valence-electron chi connectivity index (χ2n) is 9.21. The van der Waals surface area contributed by atoms with Gasteiger partial charge in [0.15, 0.2) is 0 Å². The zero-order valence-electron chi connectivity index (χ0n) is 21.7. The standard InChI is InChI=1S/C29H25N7O3S/c1-18(33-27-24(31-2)17-32-29(30)34-27)25-16-20-8-7-11-23(19-12-14-21(15-13-19)35-40(3,38)39)26(20)28(37)36(25)22-9-5-4-6-10-22/h4-18,35H,1,3H3,(H3,30,32,33,34)/t18-/m0/s1. The quantitative estimate of drug-likeness (QED) is 0.239. The van der Waals surface area contributed by atoms with Gasteiger partial charge in [-0.2, -0.15) is 0 Å². The number of nitrogens with two attached hydrogens (primary N) is 1. The summed E-state index contributed by atoms with van der Waals surface area (Å²) in [6.45, 7) is 9.34. The molecule has 0 spiro atoms. The van der Waals surface area contributed by atoms with Crippen molar-refractivity contribution in [2.45, 2.75) is 13.0 Å². The van der Waals surface area contributed by atoms with Gasteiger partial charge in [0.2, 0.25) is 21.7 Å². The van der Waals surface area contributed by atoms with Crippen LogP contribution in [0, 0.1) is 6.57 Å². The van der Waals surface area contributed by atoms with Crippen LogP contribution in [0.15, 0.2) is 89.9 Å². The predicted molar refractivity (Wildman–Crippen MR) is 158 cm³/mol. The molecule has 0 radical (unpaired) electrons. The monoisotopic (exact) mass is 551 g/mol. The van der Waals surface area contributed by atoms with E-state index in [0.29, 0.717) is 28.0 Å². The maximum Gasteiger partial charge on any atom is 0.263 e. The van der Waals surface area contributed by atoms with Crippen molar-refractivity contribution in [2.24, 2.45) is 0 Å². The number of anilines is 3. The first-order chi connectivity index (χ1) is 19.1. The molecule has 0 fully saturated rings. The van der Waals surface area contributed by atoms with E-state index in [2.05, 4.69) is 24.9 Å². The van der Waals surface area contributed by atoms with Crippen molar-refractivity contribution < 1.29 is 8.42 Å². The topological polar surface area (TPSA) is 136 Å². The zero-order valence-corrected chi connectivity index (χ0v) is 22.5. The summed E-state index contributed by atoms with van der Waals surface area (Å²) in [7, 11) is -3.42. The van der Waals surface area contributed by atoms with Crippen LogP contribution in [-0.2, 0) is 10.0 Å². The van der Waals surface area contributed by atoms with Crippen molar-refractivity contribution in [3.05, 3.63) is 113 Å². The highest BCUT2D eigenvalue weighted by atomic mass is 32.2. The third kappa shape index (κ3) is 5.34. The molecule has 0 unspecified atom stereocenters. The normalized spacial score (nSPS) is 12.0. The minimum absolute atomic E-state index is 0.0310. The summed E-state index contributed by atoms with van der Waals surface area (Å²) < 4.78 is 27.3. The lowest BCUT2D eigenvalue weighted by molar-refractivity contribution is 0.607. The summed E-state index contributed by atoms with van der Waals surface area (Å²) in [4.78, 5) is 25.8. The average Bonchev–Trinajstić information content (AvgIpc) is 2.93. The first-order valence-corrected chi connectivity index (χ1v) is 14.1. The van der Waals surface area contributed by atoms with Gasteiger partial charge in [0, 0.05) is 23.3 Å². The third-order valence-corrected chi connectivity index (χ3v) is 6.90. The van der Waals surface area contributed by atoms with Crippen molar-refractivity contribution in [3.63, 3.8) is 0 Å². The number of fused-ring (bicyclic) bond motifs is 1. The molecule has 0 aliphatic rings. The lowest BCUT2D eigenvalue weighted by atomic mass is 9.97. The minimum Gasteiger partial charge on any atom is -0.371 e. The van der Waals surface area contributed by atoms with E-state index < -0.39 is 16.1 Å². The smallest absolute Gasteiger partial charge is 0.263 e. The van der Waals surface area contributed by atoms with Crippen LogP contribution in [0.2, 0.25) is 0 Å². The second kappa shape index (κ2) is 10.5. The van der Waals surface area contributed by atoms with E-state index in [0.717, 1.165) is 17.2 Å². The van der Waals surface area contributed by atoms with Crippen LogP contribution >= 0.6 is 0 Å². The lowest BCUT2D eigenvalue weighted by Gasteiger charge is -2.22. The molecule has 0 saturated heterocycles. The number of nitrogen functional groups attached to an aromatic ring is 1. The van der Waals surface area contributed by atoms with E-state index in [1.807, 2.05) is 61.5 Å². The molecule has 0 bridgehead atoms. The van der Waals surface area contributed by atoms with Gasteiger partial charge in [-0.25, -0.2) is 23.2 Å². The Labute approximate surface area is 231 Å². The number of nitrogens with one attached hydrogen (secondary N) is 2. The van der Waals surface area contributed by atoms with Gasteiger partial charge in [-0.3, -0.25) is 14.1 Å². The highest BCUT2D eigenvalue weighted by molar-refractivity contribution is 7.92. The SMILES string of the molecule is [C-]#[N+]c1cnc(N)nc1N[C@@H](C)c1cc2cccc(-c3ccc(NS(C)(=O)=O)cc3)c2c(=O)n1-c1ccccc1. The summed E-state index contributed by atoms with van der Waals surface area (Å²) in [6, 6.07) is 23.3. The van der Waals surface area contributed by atoms with Crippen molar-refractivity contribution in [2.75, 3.05) is 22.0 Å². The van der Waals surface area contributed by atoms with Crippen molar-refractivity contribution in [1.29, 1.82) is 0 Å². The van der Waals surface area contributed by atoms with E-state index >= 15 is 0 Å². The number of pyridine rings is 1. The number of hydrogen-bond acceptors (Lipinski definition) is 7. The van der Waals surface area contributed by atoms with Gasteiger partial charge < -0.3 is 11.1 Å². The molecule has 0 saturated carbocycles. The van der Waals surface area contributed by atoms with Crippen LogP contribution in [-0.4, -0.2) is 29.2 Å². The summed E-state index contributed by atoms with van der Waals surface area (Å²) in [6.07, 6.45) is 2.45. The summed E-state index contributed by atoms with van der Waals surface area (Å²) in [5, 5.41) is 4.47. The molecular formula is C29H25N7O3S. The number of nitrogens with zero attached hydrogens (tertiary/aromatic N) is 4. The minimum atomic E-state index is -3.42. The molecule has 5 rings (SSSR count). The first-order valence-electron chi connectivity index (χ1n) is 12.2. The average molecular weight is 552 g/mol. The van der Waals surface area contributed by atoms with Gasteiger partial charge in [-0.05, 0) is 53.8 Å². The van der Waals surface area contributed by atoms with Crippen LogP contribution < -0.4 is 21.3 Å². The molecule has 2 aromatic heterocycles. The Morgan fingerprint density at radius 1 is 1.02 bits per heavy atom. The Hall–Kier alpha value is -5.21. The number of benzene rings is 3. The molecule has 5 aromatic rings. The number of sulfonamides is 1. The van der Waals surface area contributed by atoms with E-state index in [4.69, 9.17) is 12.3 Å². The Balaban J connectivity index is 1.68. The number of hydrogen-bond donors (Lipinski definition) is 3. The first kappa shape index (κ1) is 26.4. The fourth-order valence-electron chi connectivity index (χ4n) is 4.57. The number of para-hydroxylation sites is 1.